The summed E-state index contributed by atoms with van der Waals surface area (Å²) < 4.78 is 48.1. The highest BCUT2D eigenvalue weighted by Gasteiger charge is 2.26. The third kappa shape index (κ3) is 4.27. The van der Waals surface area contributed by atoms with Gasteiger partial charge in [-0.15, -0.1) is 0 Å². The van der Waals surface area contributed by atoms with E-state index in [1.165, 1.54) is 45.2 Å². The van der Waals surface area contributed by atoms with Gasteiger partial charge in [0, 0.05) is 19.8 Å². The van der Waals surface area contributed by atoms with Crippen molar-refractivity contribution < 1.29 is 21.9 Å². The van der Waals surface area contributed by atoms with Crippen LogP contribution in [0, 0.1) is 0 Å². The molecule has 0 aliphatic heterocycles. The van der Waals surface area contributed by atoms with Crippen molar-refractivity contribution >= 4 is 19.9 Å². The summed E-state index contributed by atoms with van der Waals surface area (Å²) in [7, 11) is -5.76. The van der Waals surface area contributed by atoms with Gasteiger partial charge < -0.3 is 5.11 Å². The number of hydrogen-bond acceptors (Lipinski definition) is 5. The average Bonchev–Trinajstić information content (AvgIpc) is 2.25. The summed E-state index contributed by atoms with van der Waals surface area (Å²) in [5, 5.41) is 9.66. The number of hydrogen-bond donors (Lipinski definition) is 1. The molecule has 0 saturated heterocycles. The number of benzene rings is 1. The molecule has 0 spiro atoms. The van der Waals surface area contributed by atoms with Gasteiger partial charge in [0.25, 0.3) is 0 Å². The Kier molecular flexibility index (Phi) is 4.65. The van der Waals surface area contributed by atoms with E-state index >= 15 is 0 Å². The average molecular weight is 321 g/mol. The molecule has 1 N–H and O–H groups in total. The summed E-state index contributed by atoms with van der Waals surface area (Å²) in [4.78, 5) is 0.0400. The molecule has 1 aromatic rings. The van der Waals surface area contributed by atoms with Gasteiger partial charge in [-0.2, -0.15) is 4.31 Å². The number of rotatable bonds is 5. The molecule has 0 bridgehead atoms. The molecule has 0 fully saturated rings. The van der Waals surface area contributed by atoms with E-state index in [2.05, 4.69) is 0 Å². The predicted molar refractivity (Wildman–Crippen MR) is 75.7 cm³/mol. The van der Waals surface area contributed by atoms with Crippen molar-refractivity contribution in [3.8, 4) is 0 Å². The van der Waals surface area contributed by atoms with Crippen LogP contribution in [0.2, 0.25) is 0 Å². The van der Waals surface area contributed by atoms with Crippen LogP contribution in [-0.2, 0) is 19.9 Å². The molecule has 0 aliphatic carbocycles. The standard InChI is InChI=1S/C12H19NO5S2/c1-12(2,14)9-13(3)20(17,18)11-7-5-10(6-8-11)19(4,15)16/h5-8,14H,9H2,1-4H3. The summed E-state index contributed by atoms with van der Waals surface area (Å²) in [6, 6.07) is 4.99. The maximum atomic E-state index is 12.2. The Bertz CT molecular complexity index is 670. The molecule has 0 radical (unpaired) electrons. The summed E-state index contributed by atoms with van der Waals surface area (Å²) in [5.41, 5.74) is -1.16. The predicted octanol–water partition coefficient (Wildman–Crippen LogP) is 0.481. The van der Waals surface area contributed by atoms with Crippen molar-refractivity contribution in [2.24, 2.45) is 0 Å². The Morgan fingerprint density at radius 2 is 1.45 bits per heavy atom. The highest BCUT2D eigenvalue weighted by atomic mass is 32.2. The van der Waals surface area contributed by atoms with Crippen molar-refractivity contribution in [2.45, 2.75) is 29.2 Å². The monoisotopic (exact) mass is 321 g/mol. The first-order valence-electron chi connectivity index (χ1n) is 5.83. The Hall–Kier alpha value is -0.960. The van der Waals surface area contributed by atoms with Crippen molar-refractivity contribution in [2.75, 3.05) is 19.8 Å². The third-order valence-electron chi connectivity index (χ3n) is 2.57. The van der Waals surface area contributed by atoms with Crippen LogP contribution in [0.3, 0.4) is 0 Å². The first-order chi connectivity index (χ1) is 8.84. The Morgan fingerprint density at radius 3 is 1.80 bits per heavy atom. The van der Waals surface area contributed by atoms with Crippen LogP contribution in [-0.4, -0.2) is 51.7 Å². The normalized spacial score (nSPS) is 13.7. The molecule has 0 amide bonds. The Labute approximate surface area is 120 Å². The van der Waals surface area contributed by atoms with Crippen molar-refractivity contribution in [1.29, 1.82) is 0 Å². The summed E-state index contributed by atoms with van der Waals surface area (Å²) in [6.45, 7) is 2.95. The summed E-state index contributed by atoms with van der Waals surface area (Å²) >= 11 is 0. The van der Waals surface area contributed by atoms with E-state index in [1.54, 1.807) is 0 Å². The molecule has 0 aromatic heterocycles. The molecule has 20 heavy (non-hydrogen) atoms. The topological polar surface area (TPSA) is 91.8 Å². The zero-order valence-electron chi connectivity index (χ0n) is 11.9. The highest BCUT2D eigenvalue weighted by Crippen LogP contribution is 2.19. The van der Waals surface area contributed by atoms with Crippen LogP contribution < -0.4 is 0 Å². The largest absolute Gasteiger partial charge is 0.389 e. The van der Waals surface area contributed by atoms with E-state index in [4.69, 9.17) is 0 Å². The van der Waals surface area contributed by atoms with Gasteiger partial charge in [0.05, 0.1) is 15.4 Å². The van der Waals surface area contributed by atoms with Gasteiger partial charge in [-0.25, -0.2) is 16.8 Å². The van der Waals surface area contributed by atoms with Gasteiger partial charge in [-0.05, 0) is 38.1 Å². The smallest absolute Gasteiger partial charge is 0.242 e. The van der Waals surface area contributed by atoms with Gasteiger partial charge in [-0.3, -0.25) is 0 Å². The summed E-state index contributed by atoms with van der Waals surface area (Å²) in [6.07, 6.45) is 1.05. The molecular formula is C12H19NO5S2. The van der Waals surface area contributed by atoms with Crippen molar-refractivity contribution in [3.05, 3.63) is 24.3 Å². The fourth-order valence-corrected chi connectivity index (χ4v) is 3.62. The number of sulfone groups is 1. The number of likely N-dealkylation sites (N-methyl/N-ethyl adjacent to an activating group) is 1. The van der Waals surface area contributed by atoms with Gasteiger partial charge >= 0.3 is 0 Å². The second-order valence-corrected chi connectivity index (χ2v) is 9.38. The van der Waals surface area contributed by atoms with Crippen molar-refractivity contribution in [1.82, 2.24) is 4.31 Å². The second kappa shape index (κ2) is 5.44. The lowest BCUT2D eigenvalue weighted by molar-refractivity contribution is 0.0640. The third-order valence-corrected chi connectivity index (χ3v) is 5.52. The number of aliphatic hydroxyl groups is 1. The first kappa shape index (κ1) is 17.1. The minimum absolute atomic E-state index is 0.0170. The second-order valence-electron chi connectivity index (χ2n) is 5.32. The van der Waals surface area contributed by atoms with Crippen LogP contribution in [0.25, 0.3) is 0 Å². The fourth-order valence-electron chi connectivity index (χ4n) is 1.67. The van der Waals surface area contributed by atoms with Crippen molar-refractivity contribution in [3.63, 3.8) is 0 Å². The lowest BCUT2D eigenvalue weighted by Crippen LogP contribution is -2.39. The van der Waals surface area contributed by atoms with Gasteiger partial charge in [-0.1, -0.05) is 0 Å². The molecule has 1 aromatic carbocycles. The van der Waals surface area contributed by atoms with Crippen LogP contribution >= 0.6 is 0 Å². The Balaban J connectivity index is 3.11. The zero-order valence-corrected chi connectivity index (χ0v) is 13.5. The van der Waals surface area contributed by atoms with E-state index in [0.29, 0.717) is 0 Å². The van der Waals surface area contributed by atoms with Crippen LogP contribution in [0.1, 0.15) is 13.8 Å². The molecular weight excluding hydrogens is 302 g/mol. The minimum Gasteiger partial charge on any atom is -0.389 e. The maximum absolute atomic E-state index is 12.2. The first-order valence-corrected chi connectivity index (χ1v) is 9.16. The molecule has 0 unspecified atom stereocenters. The fraction of sp³-hybridized carbons (Fsp3) is 0.500. The van der Waals surface area contributed by atoms with E-state index in [9.17, 15) is 21.9 Å². The molecule has 1 rings (SSSR count). The zero-order chi connectivity index (χ0) is 15.8. The van der Waals surface area contributed by atoms with E-state index in [1.807, 2.05) is 0 Å². The molecule has 0 saturated carbocycles. The number of nitrogens with zero attached hydrogens (tertiary/aromatic N) is 1. The lowest BCUT2D eigenvalue weighted by atomic mass is 10.1. The Morgan fingerprint density at radius 1 is 1.05 bits per heavy atom. The van der Waals surface area contributed by atoms with Crippen LogP contribution in [0.5, 0.6) is 0 Å². The minimum atomic E-state index is -3.76. The van der Waals surface area contributed by atoms with E-state index in [0.717, 1.165) is 10.6 Å². The highest BCUT2D eigenvalue weighted by molar-refractivity contribution is 7.90. The maximum Gasteiger partial charge on any atom is 0.242 e. The van der Waals surface area contributed by atoms with Crippen LogP contribution in [0.4, 0.5) is 0 Å². The number of sulfonamides is 1. The van der Waals surface area contributed by atoms with Gasteiger partial charge in [0.15, 0.2) is 9.84 Å². The molecule has 0 heterocycles. The summed E-state index contributed by atoms with van der Waals surface area (Å²) in [5.74, 6) is 0. The van der Waals surface area contributed by atoms with E-state index < -0.39 is 25.5 Å². The molecule has 0 atom stereocenters. The molecule has 114 valence electrons. The SMILES string of the molecule is CN(CC(C)(C)O)S(=O)(=O)c1ccc(S(C)(=O)=O)cc1. The van der Waals surface area contributed by atoms with Gasteiger partial charge in [0.2, 0.25) is 10.0 Å². The quantitative estimate of drug-likeness (QED) is 0.852. The van der Waals surface area contributed by atoms with Gasteiger partial charge in [0.1, 0.15) is 0 Å². The molecule has 0 aliphatic rings. The molecule has 6 nitrogen and oxygen atoms in total. The lowest BCUT2D eigenvalue weighted by Gasteiger charge is -2.25. The van der Waals surface area contributed by atoms with E-state index in [-0.39, 0.29) is 16.3 Å². The van der Waals surface area contributed by atoms with Crippen LogP contribution in [0.15, 0.2) is 34.1 Å². The molecule has 8 heteroatoms.